The van der Waals surface area contributed by atoms with E-state index >= 15 is 0 Å². The molecular weight excluding hydrogens is 189 g/mol. The van der Waals surface area contributed by atoms with E-state index in [4.69, 9.17) is 0 Å². The highest BCUT2D eigenvalue weighted by molar-refractivity contribution is 4.73. The topological polar surface area (TPSA) is 0 Å². The Morgan fingerprint density at radius 3 is 1.86 bits per heavy atom. The minimum Gasteiger partial charge on any atom is -0.171 e. The maximum absolute atomic E-state index is 11.9. The summed E-state index contributed by atoms with van der Waals surface area (Å²) in [5.74, 6) is 0.393. The van der Waals surface area contributed by atoms with Crippen molar-refractivity contribution in [1.29, 1.82) is 0 Å². The Bertz CT molecular complexity index is 153. The molecule has 0 aliphatic carbocycles. The maximum Gasteiger partial charge on any atom is 0.389 e. The van der Waals surface area contributed by atoms with Gasteiger partial charge in [0.25, 0.3) is 0 Å². The normalized spacial score (nSPS) is 15.6. The van der Waals surface area contributed by atoms with E-state index in [-0.39, 0.29) is 11.8 Å². The summed E-state index contributed by atoms with van der Waals surface area (Å²) in [6, 6.07) is 0. The third-order valence-corrected chi connectivity index (χ3v) is 2.73. The van der Waals surface area contributed by atoms with Crippen molar-refractivity contribution in [2.75, 3.05) is 0 Å². The summed E-state index contributed by atoms with van der Waals surface area (Å²) in [6.45, 7) is 8.32. The van der Waals surface area contributed by atoms with Crippen LogP contribution in [0.4, 0.5) is 13.2 Å². The highest BCUT2D eigenvalue weighted by atomic mass is 19.4. The lowest BCUT2D eigenvalue weighted by atomic mass is 9.76. The average molecular weight is 210 g/mol. The predicted molar refractivity (Wildman–Crippen MR) is 53.1 cm³/mol. The first-order valence-electron chi connectivity index (χ1n) is 5.23. The third-order valence-electron chi connectivity index (χ3n) is 2.73. The molecule has 0 aromatic carbocycles. The number of rotatable bonds is 4. The van der Waals surface area contributed by atoms with Gasteiger partial charge in [0, 0.05) is 6.42 Å². The smallest absolute Gasteiger partial charge is 0.171 e. The van der Waals surface area contributed by atoms with E-state index in [1.165, 1.54) is 0 Å². The zero-order chi connectivity index (χ0) is 11.4. The van der Waals surface area contributed by atoms with E-state index in [0.717, 1.165) is 6.42 Å². The Morgan fingerprint density at radius 2 is 1.57 bits per heavy atom. The summed E-state index contributed by atoms with van der Waals surface area (Å²) in [5, 5.41) is 0. The zero-order valence-electron chi connectivity index (χ0n) is 9.54. The van der Waals surface area contributed by atoms with Crippen LogP contribution in [0.1, 0.15) is 53.4 Å². The van der Waals surface area contributed by atoms with Crippen LogP contribution in [0.5, 0.6) is 0 Å². The van der Waals surface area contributed by atoms with Crippen molar-refractivity contribution in [3.63, 3.8) is 0 Å². The molecule has 0 aliphatic heterocycles. The Balaban J connectivity index is 3.87. The van der Waals surface area contributed by atoms with E-state index in [0.29, 0.717) is 12.3 Å². The number of hydrogen-bond acceptors (Lipinski definition) is 0. The molecule has 0 bridgehead atoms. The minimum absolute atomic E-state index is 0.125. The van der Waals surface area contributed by atoms with E-state index < -0.39 is 12.6 Å². The fourth-order valence-corrected chi connectivity index (χ4v) is 1.80. The molecule has 0 unspecified atom stereocenters. The quantitative estimate of drug-likeness (QED) is 0.625. The predicted octanol–water partition coefficient (Wildman–Crippen LogP) is 4.79. The monoisotopic (exact) mass is 210 g/mol. The first kappa shape index (κ1) is 13.8. The maximum atomic E-state index is 11.9. The van der Waals surface area contributed by atoms with Crippen LogP contribution in [0.15, 0.2) is 0 Å². The highest BCUT2D eigenvalue weighted by Crippen LogP contribution is 2.34. The molecule has 0 radical (unpaired) electrons. The van der Waals surface area contributed by atoms with Crippen molar-refractivity contribution >= 4 is 0 Å². The van der Waals surface area contributed by atoms with Crippen molar-refractivity contribution < 1.29 is 13.2 Å². The first-order valence-corrected chi connectivity index (χ1v) is 5.23. The Hall–Kier alpha value is -0.210. The van der Waals surface area contributed by atoms with Crippen molar-refractivity contribution in [3.8, 4) is 0 Å². The van der Waals surface area contributed by atoms with Crippen LogP contribution in [0, 0.1) is 11.3 Å². The van der Waals surface area contributed by atoms with Gasteiger partial charge in [0.15, 0.2) is 0 Å². The summed E-state index contributed by atoms with van der Waals surface area (Å²) >= 11 is 0. The fourth-order valence-electron chi connectivity index (χ4n) is 1.80. The zero-order valence-corrected chi connectivity index (χ0v) is 9.54. The molecular formula is C11H21F3. The highest BCUT2D eigenvalue weighted by Gasteiger charge is 2.28. The van der Waals surface area contributed by atoms with Crippen molar-refractivity contribution in [1.82, 2.24) is 0 Å². The van der Waals surface area contributed by atoms with Crippen LogP contribution in [-0.2, 0) is 0 Å². The van der Waals surface area contributed by atoms with E-state index in [1.54, 1.807) is 0 Å². The molecule has 3 heteroatoms. The molecule has 14 heavy (non-hydrogen) atoms. The SMILES string of the molecule is CC[C@@H](CCCC(F)(F)F)C(C)(C)C. The third kappa shape index (κ3) is 6.28. The van der Waals surface area contributed by atoms with Crippen LogP contribution >= 0.6 is 0 Å². The number of alkyl halides is 3. The molecule has 0 aromatic heterocycles. The van der Waals surface area contributed by atoms with E-state index in [1.807, 2.05) is 6.92 Å². The van der Waals surface area contributed by atoms with Crippen LogP contribution in [-0.4, -0.2) is 6.18 Å². The molecule has 0 spiro atoms. The lowest BCUT2D eigenvalue weighted by Crippen LogP contribution is -2.20. The second-order valence-electron chi connectivity index (χ2n) is 4.98. The van der Waals surface area contributed by atoms with Gasteiger partial charge in [-0.25, -0.2) is 0 Å². The average Bonchev–Trinajstić information content (AvgIpc) is 1.93. The number of hydrogen-bond donors (Lipinski definition) is 0. The molecule has 0 amide bonds. The lowest BCUT2D eigenvalue weighted by Gasteiger charge is -2.30. The van der Waals surface area contributed by atoms with Gasteiger partial charge in [-0.1, -0.05) is 34.1 Å². The first-order chi connectivity index (χ1) is 6.17. The lowest BCUT2D eigenvalue weighted by molar-refractivity contribution is -0.136. The summed E-state index contributed by atoms with van der Waals surface area (Å²) in [7, 11) is 0. The van der Waals surface area contributed by atoms with Crippen LogP contribution < -0.4 is 0 Å². The Kier molecular flexibility index (Phi) is 4.96. The van der Waals surface area contributed by atoms with Crippen LogP contribution in [0.2, 0.25) is 0 Å². The van der Waals surface area contributed by atoms with Gasteiger partial charge >= 0.3 is 6.18 Å². The molecule has 0 aliphatic rings. The molecule has 0 rings (SSSR count). The van der Waals surface area contributed by atoms with Crippen molar-refractivity contribution in [2.45, 2.75) is 59.6 Å². The number of halogens is 3. The van der Waals surface area contributed by atoms with Gasteiger partial charge in [-0.3, -0.25) is 0 Å². The largest absolute Gasteiger partial charge is 0.389 e. The molecule has 86 valence electrons. The fraction of sp³-hybridized carbons (Fsp3) is 1.00. The summed E-state index contributed by atoms with van der Waals surface area (Å²) in [4.78, 5) is 0. The molecule has 1 atom stereocenters. The molecule has 0 aromatic rings. The van der Waals surface area contributed by atoms with E-state index in [2.05, 4.69) is 20.8 Å². The molecule has 0 saturated heterocycles. The molecule has 0 fully saturated rings. The second-order valence-corrected chi connectivity index (χ2v) is 4.98. The minimum atomic E-state index is -3.99. The van der Waals surface area contributed by atoms with Gasteiger partial charge in [0.1, 0.15) is 0 Å². The van der Waals surface area contributed by atoms with Crippen molar-refractivity contribution in [2.24, 2.45) is 11.3 Å². The van der Waals surface area contributed by atoms with Crippen LogP contribution in [0.25, 0.3) is 0 Å². The Morgan fingerprint density at radius 1 is 1.07 bits per heavy atom. The van der Waals surface area contributed by atoms with Gasteiger partial charge in [-0.05, 0) is 24.2 Å². The standard InChI is InChI=1S/C11H21F3/c1-5-9(10(2,3)4)7-6-8-11(12,13)14/h9H,5-8H2,1-4H3/t9-/m0/s1. The second kappa shape index (κ2) is 5.04. The van der Waals surface area contributed by atoms with E-state index in [9.17, 15) is 13.2 Å². The van der Waals surface area contributed by atoms with Gasteiger partial charge in [-0.15, -0.1) is 0 Å². The van der Waals surface area contributed by atoms with Gasteiger partial charge in [0.05, 0.1) is 0 Å². The molecule has 0 saturated carbocycles. The summed E-state index contributed by atoms with van der Waals surface area (Å²) in [5.41, 5.74) is 0.125. The molecule has 0 nitrogen and oxygen atoms in total. The summed E-state index contributed by atoms with van der Waals surface area (Å²) < 4.78 is 35.7. The van der Waals surface area contributed by atoms with Crippen molar-refractivity contribution in [3.05, 3.63) is 0 Å². The summed E-state index contributed by atoms with van der Waals surface area (Å²) in [6.07, 6.45) is -2.73. The van der Waals surface area contributed by atoms with Gasteiger partial charge in [0.2, 0.25) is 0 Å². The molecule has 0 heterocycles. The van der Waals surface area contributed by atoms with Gasteiger partial charge in [-0.2, -0.15) is 13.2 Å². The Labute approximate surface area is 84.9 Å². The van der Waals surface area contributed by atoms with Gasteiger partial charge < -0.3 is 0 Å². The van der Waals surface area contributed by atoms with Crippen LogP contribution in [0.3, 0.4) is 0 Å². The molecule has 0 N–H and O–H groups in total.